The van der Waals surface area contributed by atoms with Crippen molar-refractivity contribution in [1.29, 1.82) is 0 Å². The molecular formula is C17H20N2. The lowest BCUT2D eigenvalue weighted by Crippen LogP contribution is -2.30. The van der Waals surface area contributed by atoms with Crippen molar-refractivity contribution in [3.8, 4) is 0 Å². The maximum atomic E-state index is 3.43. The number of hydrogen-bond acceptors (Lipinski definition) is 2. The molecule has 0 amide bonds. The van der Waals surface area contributed by atoms with Crippen molar-refractivity contribution < 1.29 is 0 Å². The molecule has 19 heavy (non-hydrogen) atoms. The molecule has 1 aliphatic rings. The second-order valence-electron chi connectivity index (χ2n) is 5.19. The van der Waals surface area contributed by atoms with Crippen LogP contribution in [0.15, 0.2) is 54.6 Å². The van der Waals surface area contributed by atoms with Crippen LogP contribution in [0.4, 0.5) is 0 Å². The number of hydrogen-bond donors (Lipinski definition) is 1. The third-order valence-corrected chi connectivity index (χ3v) is 3.90. The van der Waals surface area contributed by atoms with Crippen LogP contribution in [-0.2, 0) is 13.1 Å². The Morgan fingerprint density at radius 2 is 1.53 bits per heavy atom. The van der Waals surface area contributed by atoms with E-state index in [9.17, 15) is 0 Å². The monoisotopic (exact) mass is 252 g/mol. The Morgan fingerprint density at radius 1 is 0.947 bits per heavy atom. The van der Waals surface area contributed by atoms with E-state index in [2.05, 4.69) is 64.8 Å². The van der Waals surface area contributed by atoms with E-state index in [1.54, 1.807) is 0 Å². The van der Waals surface area contributed by atoms with Gasteiger partial charge in [0.25, 0.3) is 0 Å². The van der Waals surface area contributed by atoms with Gasteiger partial charge < -0.3 is 5.32 Å². The van der Waals surface area contributed by atoms with Gasteiger partial charge in [-0.1, -0.05) is 54.6 Å². The van der Waals surface area contributed by atoms with Crippen LogP contribution in [0.3, 0.4) is 0 Å². The van der Waals surface area contributed by atoms with Crippen LogP contribution in [0.5, 0.6) is 0 Å². The van der Waals surface area contributed by atoms with E-state index < -0.39 is 0 Å². The summed E-state index contributed by atoms with van der Waals surface area (Å²) >= 11 is 0. The molecule has 2 nitrogen and oxygen atoms in total. The van der Waals surface area contributed by atoms with Gasteiger partial charge in [-0.05, 0) is 23.7 Å². The molecule has 98 valence electrons. The van der Waals surface area contributed by atoms with Gasteiger partial charge >= 0.3 is 0 Å². The zero-order chi connectivity index (χ0) is 13.1. The summed E-state index contributed by atoms with van der Waals surface area (Å²) < 4.78 is 0. The Labute approximate surface area is 115 Å². The maximum Gasteiger partial charge on any atom is 0.0447 e. The van der Waals surface area contributed by atoms with Crippen molar-refractivity contribution in [2.24, 2.45) is 0 Å². The third-order valence-electron chi connectivity index (χ3n) is 3.90. The van der Waals surface area contributed by atoms with Gasteiger partial charge in [-0.3, -0.25) is 4.90 Å². The average molecular weight is 252 g/mol. The molecule has 2 aromatic rings. The SMILES string of the molecule is CNC(CN1Cc2ccccc2C1)c1ccccc1. The molecular weight excluding hydrogens is 232 g/mol. The van der Waals surface area contributed by atoms with E-state index in [0.717, 1.165) is 19.6 Å². The molecule has 0 saturated carbocycles. The summed E-state index contributed by atoms with van der Waals surface area (Å²) in [6, 6.07) is 19.8. The van der Waals surface area contributed by atoms with Crippen LogP contribution >= 0.6 is 0 Å². The summed E-state index contributed by atoms with van der Waals surface area (Å²) in [6.07, 6.45) is 0. The molecule has 1 unspecified atom stereocenters. The maximum absolute atomic E-state index is 3.43. The molecule has 2 heteroatoms. The highest BCUT2D eigenvalue weighted by Crippen LogP contribution is 2.24. The van der Waals surface area contributed by atoms with Crippen molar-refractivity contribution in [2.45, 2.75) is 19.1 Å². The topological polar surface area (TPSA) is 15.3 Å². The molecule has 2 aromatic carbocycles. The Kier molecular flexibility index (Phi) is 3.62. The third kappa shape index (κ3) is 2.70. The summed E-state index contributed by atoms with van der Waals surface area (Å²) in [5.41, 5.74) is 4.32. The number of likely N-dealkylation sites (N-methyl/N-ethyl adjacent to an activating group) is 1. The molecule has 3 rings (SSSR count). The van der Waals surface area contributed by atoms with Gasteiger partial charge in [0.05, 0.1) is 0 Å². The van der Waals surface area contributed by atoms with Crippen LogP contribution in [0.25, 0.3) is 0 Å². The van der Waals surface area contributed by atoms with E-state index in [4.69, 9.17) is 0 Å². The van der Waals surface area contributed by atoms with Crippen molar-refractivity contribution in [3.63, 3.8) is 0 Å². The zero-order valence-corrected chi connectivity index (χ0v) is 11.3. The Morgan fingerprint density at radius 3 is 2.11 bits per heavy atom. The van der Waals surface area contributed by atoms with Crippen LogP contribution in [0, 0.1) is 0 Å². The molecule has 0 bridgehead atoms. The second kappa shape index (κ2) is 5.55. The minimum atomic E-state index is 0.399. The van der Waals surface area contributed by atoms with Gasteiger partial charge in [0.1, 0.15) is 0 Å². The first-order chi connectivity index (χ1) is 9.36. The second-order valence-corrected chi connectivity index (χ2v) is 5.19. The first-order valence-electron chi connectivity index (χ1n) is 6.88. The zero-order valence-electron chi connectivity index (χ0n) is 11.3. The van der Waals surface area contributed by atoms with Crippen LogP contribution in [0.2, 0.25) is 0 Å². The first kappa shape index (κ1) is 12.4. The largest absolute Gasteiger partial charge is 0.312 e. The minimum Gasteiger partial charge on any atom is -0.312 e. The summed E-state index contributed by atoms with van der Waals surface area (Å²) in [5, 5.41) is 3.43. The number of fused-ring (bicyclic) bond motifs is 1. The van der Waals surface area contributed by atoms with Gasteiger partial charge in [-0.15, -0.1) is 0 Å². The lowest BCUT2D eigenvalue weighted by atomic mass is 10.1. The van der Waals surface area contributed by atoms with Gasteiger partial charge in [0, 0.05) is 25.7 Å². The molecule has 1 heterocycles. The smallest absolute Gasteiger partial charge is 0.0447 e. The first-order valence-corrected chi connectivity index (χ1v) is 6.88. The van der Waals surface area contributed by atoms with Crippen LogP contribution < -0.4 is 5.32 Å². The predicted molar refractivity (Wildman–Crippen MR) is 78.8 cm³/mol. The fourth-order valence-corrected chi connectivity index (χ4v) is 2.84. The van der Waals surface area contributed by atoms with E-state index in [-0.39, 0.29) is 0 Å². The van der Waals surface area contributed by atoms with Crippen molar-refractivity contribution in [2.75, 3.05) is 13.6 Å². The Bertz CT molecular complexity index is 511. The molecule has 0 fully saturated rings. The fraction of sp³-hybridized carbons (Fsp3) is 0.294. The molecule has 0 saturated heterocycles. The summed E-state index contributed by atoms with van der Waals surface area (Å²) in [4.78, 5) is 2.51. The van der Waals surface area contributed by atoms with Gasteiger partial charge in [-0.25, -0.2) is 0 Å². The van der Waals surface area contributed by atoms with Gasteiger partial charge in [0.15, 0.2) is 0 Å². The normalized spacial score (nSPS) is 16.3. The number of benzene rings is 2. The van der Waals surface area contributed by atoms with E-state index in [1.165, 1.54) is 16.7 Å². The van der Waals surface area contributed by atoms with Crippen LogP contribution in [0.1, 0.15) is 22.7 Å². The van der Waals surface area contributed by atoms with E-state index in [0.29, 0.717) is 6.04 Å². The molecule has 1 N–H and O–H groups in total. The van der Waals surface area contributed by atoms with E-state index >= 15 is 0 Å². The number of nitrogens with zero attached hydrogens (tertiary/aromatic N) is 1. The summed E-state index contributed by atoms with van der Waals surface area (Å²) in [5.74, 6) is 0. The summed E-state index contributed by atoms with van der Waals surface area (Å²) in [7, 11) is 2.04. The van der Waals surface area contributed by atoms with Crippen molar-refractivity contribution in [3.05, 3.63) is 71.3 Å². The number of rotatable bonds is 4. The van der Waals surface area contributed by atoms with Crippen molar-refractivity contribution in [1.82, 2.24) is 10.2 Å². The molecule has 0 spiro atoms. The highest BCUT2D eigenvalue weighted by atomic mass is 15.2. The van der Waals surface area contributed by atoms with Crippen molar-refractivity contribution >= 4 is 0 Å². The summed E-state index contributed by atoms with van der Waals surface area (Å²) in [6.45, 7) is 3.19. The fourth-order valence-electron chi connectivity index (χ4n) is 2.84. The Hall–Kier alpha value is -1.64. The lowest BCUT2D eigenvalue weighted by Gasteiger charge is -2.23. The standard InChI is InChI=1S/C17H20N2/c1-18-17(14-7-3-2-4-8-14)13-19-11-15-9-5-6-10-16(15)12-19/h2-10,17-18H,11-13H2,1H3. The molecule has 0 aromatic heterocycles. The molecule has 1 aliphatic heterocycles. The molecule has 0 radical (unpaired) electrons. The minimum absolute atomic E-state index is 0.399. The highest BCUT2D eigenvalue weighted by Gasteiger charge is 2.21. The van der Waals surface area contributed by atoms with Gasteiger partial charge in [-0.2, -0.15) is 0 Å². The molecule has 0 aliphatic carbocycles. The average Bonchev–Trinajstić information content (AvgIpc) is 2.88. The Balaban J connectivity index is 1.69. The molecule has 1 atom stereocenters. The quantitative estimate of drug-likeness (QED) is 0.900. The highest BCUT2D eigenvalue weighted by molar-refractivity contribution is 5.30. The predicted octanol–water partition coefficient (Wildman–Crippen LogP) is 2.96. The van der Waals surface area contributed by atoms with Crippen LogP contribution in [-0.4, -0.2) is 18.5 Å². The van der Waals surface area contributed by atoms with E-state index in [1.807, 2.05) is 7.05 Å². The number of nitrogens with one attached hydrogen (secondary N) is 1. The van der Waals surface area contributed by atoms with Gasteiger partial charge in [0.2, 0.25) is 0 Å². The lowest BCUT2D eigenvalue weighted by molar-refractivity contribution is 0.253.